The van der Waals surface area contributed by atoms with E-state index in [1.807, 2.05) is 0 Å². The monoisotopic (exact) mass is 943 g/mol. The second kappa shape index (κ2) is 56.5. The van der Waals surface area contributed by atoms with Crippen molar-refractivity contribution in [2.24, 2.45) is 0 Å². The number of rotatable bonds is 55. The lowest BCUT2D eigenvalue weighted by molar-refractivity contribution is -0.167. The highest BCUT2D eigenvalue weighted by atomic mass is 16.6. The van der Waals surface area contributed by atoms with Crippen LogP contribution in [0.2, 0.25) is 0 Å². The summed E-state index contributed by atoms with van der Waals surface area (Å²) in [5.41, 5.74) is 0. The number of allylic oxidation sites excluding steroid dienone is 4. The molecule has 0 spiro atoms. The number of carbonyl (C=O) groups excluding carboxylic acids is 3. The molecule has 0 N–H and O–H groups in total. The lowest BCUT2D eigenvalue weighted by Crippen LogP contribution is -2.30. The first kappa shape index (κ1) is 64.9. The highest BCUT2D eigenvalue weighted by Crippen LogP contribution is 2.17. The first-order valence-corrected chi connectivity index (χ1v) is 29.8. The second-order valence-electron chi connectivity index (χ2n) is 20.3. The Hall–Kier alpha value is -2.11. The number of hydrogen-bond acceptors (Lipinski definition) is 6. The predicted molar refractivity (Wildman–Crippen MR) is 289 cm³/mol. The molecule has 0 rings (SSSR count). The molecule has 0 saturated carbocycles. The molecule has 0 radical (unpaired) electrons. The summed E-state index contributed by atoms with van der Waals surface area (Å²) in [4.78, 5) is 38.1. The lowest BCUT2D eigenvalue weighted by atomic mass is 10.0. The summed E-state index contributed by atoms with van der Waals surface area (Å²) in [6.07, 6.45) is 66.1. The van der Waals surface area contributed by atoms with E-state index in [0.717, 1.165) is 64.2 Å². The third-order valence-electron chi connectivity index (χ3n) is 13.5. The van der Waals surface area contributed by atoms with Crippen LogP contribution >= 0.6 is 0 Å². The largest absolute Gasteiger partial charge is 0.462 e. The fourth-order valence-corrected chi connectivity index (χ4v) is 8.95. The Morgan fingerprint density at radius 3 is 0.851 bits per heavy atom. The molecular formula is C61H114O6. The van der Waals surface area contributed by atoms with Gasteiger partial charge in [0.25, 0.3) is 0 Å². The van der Waals surface area contributed by atoms with Crippen molar-refractivity contribution in [1.82, 2.24) is 0 Å². The lowest BCUT2D eigenvalue weighted by Gasteiger charge is -2.18. The van der Waals surface area contributed by atoms with Gasteiger partial charge in [-0.3, -0.25) is 14.4 Å². The van der Waals surface area contributed by atoms with E-state index in [1.165, 1.54) is 225 Å². The fraction of sp³-hybridized carbons (Fsp3) is 0.885. The zero-order valence-corrected chi connectivity index (χ0v) is 45.2. The van der Waals surface area contributed by atoms with Crippen LogP contribution in [-0.4, -0.2) is 37.2 Å². The summed E-state index contributed by atoms with van der Waals surface area (Å²) < 4.78 is 16.9. The molecule has 0 aliphatic rings. The minimum atomic E-state index is -0.768. The highest BCUT2D eigenvalue weighted by Gasteiger charge is 2.19. The van der Waals surface area contributed by atoms with E-state index in [9.17, 15) is 14.4 Å². The smallest absolute Gasteiger partial charge is 0.306 e. The van der Waals surface area contributed by atoms with Crippen LogP contribution in [0.3, 0.4) is 0 Å². The van der Waals surface area contributed by atoms with Gasteiger partial charge in [-0.05, 0) is 51.4 Å². The summed E-state index contributed by atoms with van der Waals surface area (Å²) in [7, 11) is 0. The van der Waals surface area contributed by atoms with Crippen LogP contribution < -0.4 is 0 Å². The molecule has 0 aromatic heterocycles. The molecule has 0 aliphatic heterocycles. The first-order valence-electron chi connectivity index (χ1n) is 29.8. The van der Waals surface area contributed by atoms with Gasteiger partial charge in [0.05, 0.1) is 0 Å². The van der Waals surface area contributed by atoms with Gasteiger partial charge in [-0.2, -0.15) is 0 Å². The molecule has 6 nitrogen and oxygen atoms in total. The van der Waals surface area contributed by atoms with Crippen LogP contribution in [0.25, 0.3) is 0 Å². The maximum Gasteiger partial charge on any atom is 0.306 e. The molecule has 0 heterocycles. The Bertz CT molecular complexity index is 1080. The third-order valence-corrected chi connectivity index (χ3v) is 13.5. The quantitative estimate of drug-likeness (QED) is 0.0262. The second-order valence-corrected chi connectivity index (χ2v) is 20.3. The molecule has 0 aromatic rings. The van der Waals surface area contributed by atoms with E-state index in [-0.39, 0.29) is 31.1 Å². The zero-order valence-electron chi connectivity index (χ0n) is 45.2. The van der Waals surface area contributed by atoms with E-state index in [4.69, 9.17) is 14.2 Å². The number of unbranched alkanes of at least 4 members (excludes halogenated alkanes) is 40. The average molecular weight is 944 g/mol. The van der Waals surface area contributed by atoms with Crippen LogP contribution in [-0.2, 0) is 28.6 Å². The number of esters is 3. The minimum absolute atomic E-state index is 0.0675. The summed E-state index contributed by atoms with van der Waals surface area (Å²) in [5.74, 6) is -0.853. The maximum atomic E-state index is 12.8. The minimum Gasteiger partial charge on any atom is -0.462 e. The van der Waals surface area contributed by atoms with E-state index in [1.54, 1.807) is 0 Å². The van der Waals surface area contributed by atoms with E-state index >= 15 is 0 Å². The Morgan fingerprint density at radius 1 is 0.299 bits per heavy atom. The maximum absolute atomic E-state index is 12.8. The summed E-state index contributed by atoms with van der Waals surface area (Å²) >= 11 is 0. The van der Waals surface area contributed by atoms with Crippen molar-refractivity contribution in [3.8, 4) is 0 Å². The van der Waals surface area contributed by atoms with Gasteiger partial charge in [0.1, 0.15) is 13.2 Å². The number of hydrogen-bond donors (Lipinski definition) is 0. The molecule has 67 heavy (non-hydrogen) atoms. The van der Waals surface area contributed by atoms with Gasteiger partial charge in [0.15, 0.2) is 6.10 Å². The van der Waals surface area contributed by atoms with Crippen molar-refractivity contribution < 1.29 is 28.6 Å². The van der Waals surface area contributed by atoms with Crippen LogP contribution in [0.4, 0.5) is 0 Å². The summed E-state index contributed by atoms with van der Waals surface area (Å²) in [5, 5.41) is 0. The van der Waals surface area contributed by atoms with Crippen molar-refractivity contribution in [1.29, 1.82) is 0 Å². The first-order chi connectivity index (χ1) is 33.0. The topological polar surface area (TPSA) is 78.9 Å². The van der Waals surface area contributed by atoms with Crippen molar-refractivity contribution in [2.45, 2.75) is 335 Å². The Labute approximate surface area is 417 Å². The highest BCUT2D eigenvalue weighted by molar-refractivity contribution is 5.71. The third kappa shape index (κ3) is 54.7. The molecule has 0 aromatic carbocycles. The van der Waals surface area contributed by atoms with E-state index < -0.39 is 6.10 Å². The SMILES string of the molecule is CCCCC/C=C\C/C=C\CCCCCCCCCCCC(=O)OC(COC(=O)CCCCCCCCCCC)COC(=O)CCCCCCCCCCCCCCCCCCCCCCC. The van der Waals surface area contributed by atoms with Crippen molar-refractivity contribution in [3.05, 3.63) is 24.3 Å². The van der Waals surface area contributed by atoms with Gasteiger partial charge in [-0.15, -0.1) is 0 Å². The van der Waals surface area contributed by atoms with Gasteiger partial charge < -0.3 is 14.2 Å². The molecule has 0 aliphatic carbocycles. The Balaban J connectivity index is 4.20. The van der Waals surface area contributed by atoms with Gasteiger partial charge in [-0.25, -0.2) is 0 Å². The van der Waals surface area contributed by atoms with Gasteiger partial charge in [0, 0.05) is 19.3 Å². The zero-order chi connectivity index (χ0) is 48.6. The number of carbonyl (C=O) groups is 3. The predicted octanol–water partition coefficient (Wildman–Crippen LogP) is 19.9. The molecular weight excluding hydrogens is 829 g/mol. The molecule has 0 bridgehead atoms. The van der Waals surface area contributed by atoms with Gasteiger partial charge >= 0.3 is 17.9 Å². The summed E-state index contributed by atoms with van der Waals surface area (Å²) in [6, 6.07) is 0. The number of ether oxygens (including phenoxy) is 3. The van der Waals surface area contributed by atoms with Crippen molar-refractivity contribution >= 4 is 17.9 Å². The van der Waals surface area contributed by atoms with Crippen LogP contribution in [0.15, 0.2) is 24.3 Å². The van der Waals surface area contributed by atoms with E-state index in [0.29, 0.717) is 19.3 Å². The molecule has 1 unspecified atom stereocenters. The van der Waals surface area contributed by atoms with Crippen LogP contribution in [0.1, 0.15) is 329 Å². The standard InChI is InChI=1S/C61H114O6/c1-4-7-10-13-16-19-21-23-25-27-29-30-32-33-35-37-39-42-45-48-51-54-60(63)66-57-58(56-65-59(62)53-50-47-44-41-18-15-12-9-6-3)67-61(64)55-52-49-46-43-40-38-36-34-31-28-26-24-22-20-17-14-11-8-5-2/h17,20,24,26,58H,4-16,18-19,21-23,25,27-57H2,1-3H3/b20-17-,26-24-. The molecule has 1 atom stereocenters. The van der Waals surface area contributed by atoms with Crippen LogP contribution in [0, 0.1) is 0 Å². The molecule has 0 fully saturated rings. The van der Waals surface area contributed by atoms with Crippen molar-refractivity contribution in [2.75, 3.05) is 13.2 Å². The Kier molecular flexibility index (Phi) is 54.7. The van der Waals surface area contributed by atoms with Gasteiger partial charge in [0.2, 0.25) is 0 Å². The summed E-state index contributed by atoms with van der Waals surface area (Å²) in [6.45, 7) is 6.65. The molecule has 6 heteroatoms. The van der Waals surface area contributed by atoms with Crippen molar-refractivity contribution in [3.63, 3.8) is 0 Å². The Morgan fingerprint density at radius 2 is 0.537 bits per heavy atom. The van der Waals surface area contributed by atoms with E-state index in [2.05, 4.69) is 45.1 Å². The normalized spacial score (nSPS) is 12.1. The molecule has 0 amide bonds. The average Bonchev–Trinajstić information content (AvgIpc) is 3.33. The fourth-order valence-electron chi connectivity index (χ4n) is 8.95. The molecule has 0 saturated heterocycles. The molecule has 394 valence electrons. The van der Waals surface area contributed by atoms with Gasteiger partial charge in [-0.1, -0.05) is 283 Å². The van der Waals surface area contributed by atoms with Crippen LogP contribution in [0.5, 0.6) is 0 Å².